The van der Waals surface area contributed by atoms with Gasteiger partial charge in [-0.3, -0.25) is 14.9 Å². The lowest BCUT2D eigenvalue weighted by atomic mass is 10.1. The van der Waals surface area contributed by atoms with Gasteiger partial charge in [-0.2, -0.15) is 18.3 Å². The van der Waals surface area contributed by atoms with Crippen LogP contribution >= 0.6 is 0 Å². The second kappa shape index (κ2) is 8.00. The van der Waals surface area contributed by atoms with E-state index in [2.05, 4.69) is 10.4 Å². The first kappa shape index (κ1) is 19.9. The molecule has 0 saturated carbocycles. The van der Waals surface area contributed by atoms with Crippen molar-refractivity contribution in [2.75, 3.05) is 11.9 Å². The highest BCUT2D eigenvalue weighted by molar-refractivity contribution is 5.94. The topological polar surface area (TPSA) is 99.3 Å². The molecule has 0 aliphatic carbocycles. The van der Waals surface area contributed by atoms with Crippen LogP contribution in [0.3, 0.4) is 0 Å². The van der Waals surface area contributed by atoms with E-state index >= 15 is 0 Å². The third kappa shape index (κ3) is 4.89. The molecule has 3 aromatic rings. The highest BCUT2D eigenvalue weighted by Crippen LogP contribution is 2.33. The van der Waals surface area contributed by atoms with Crippen molar-refractivity contribution < 1.29 is 27.6 Å². The molecule has 1 N–H and O–H groups in total. The minimum absolute atomic E-state index is 0.0747. The van der Waals surface area contributed by atoms with E-state index < -0.39 is 29.2 Å². The number of non-ortho nitro benzene ring substituents is 1. The minimum Gasteiger partial charge on any atom is -0.484 e. The molecular weight excluding hydrogens is 393 g/mol. The first-order chi connectivity index (χ1) is 13.7. The Balaban J connectivity index is 1.78. The summed E-state index contributed by atoms with van der Waals surface area (Å²) in [7, 11) is 0. The summed E-state index contributed by atoms with van der Waals surface area (Å²) in [6.07, 6.45) is -1.64. The Morgan fingerprint density at radius 1 is 1.21 bits per heavy atom. The first-order valence-corrected chi connectivity index (χ1v) is 8.12. The lowest BCUT2D eigenvalue weighted by Gasteiger charge is -2.15. The molecular formula is C18H13F3N4O4. The number of ether oxygens (including phenoxy) is 1. The molecule has 1 aromatic heterocycles. The van der Waals surface area contributed by atoms with Gasteiger partial charge >= 0.3 is 6.18 Å². The van der Waals surface area contributed by atoms with E-state index in [1.165, 1.54) is 41.3 Å². The van der Waals surface area contributed by atoms with Gasteiger partial charge in [-0.1, -0.05) is 6.07 Å². The minimum atomic E-state index is -4.60. The van der Waals surface area contributed by atoms with Gasteiger partial charge in [-0.25, -0.2) is 4.68 Å². The van der Waals surface area contributed by atoms with Gasteiger partial charge in [0.05, 0.1) is 27.9 Å². The van der Waals surface area contributed by atoms with Gasteiger partial charge in [0.2, 0.25) is 0 Å². The van der Waals surface area contributed by atoms with Crippen molar-refractivity contribution in [2.45, 2.75) is 6.18 Å². The molecule has 0 saturated heterocycles. The molecule has 3 rings (SSSR count). The maximum Gasteiger partial charge on any atom is 0.416 e. The average molecular weight is 406 g/mol. The summed E-state index contributed by atoms with van der Waals surface area (Å²) in [6.45, 7) is -0.560. The van der Waals surface area contributed by atoms with Crippen LogP contribution in [0.4, 0.5) is 24.5 Å². The molecule has 0 bridgehead atoms. The number of nitro benzene ring substituents is 1. The Morgan fingerprint density at radius 3 is 2.66 bits per heavy atom. The molecule has 0 unspecified atom stereocenters. The van der Waals surface area contributed by atoms with Gasteiger partial charge in [0.25, 0.3) is 11.6 Å². The van der Waals surface area contributed by atoms with Crippen molar-refractivity contribution in [3.05, 3.63) is 76.6 Å². The van der Waals surface area contributed by atoms with Crippen LogP contribution in [0, 0.1) is 10.1 Å². The van der Waals surface area contributed by atoms with E-state index in [0.29, 0.717) is 0 Å². The number of nitrogens with one attached hydrogen (secondary N) is 1. The van der Waals surface area contributed by atoms with E-state index in [9.17, 15) is 28.1 Å². The number of nitro groups is 1. The first-order valence-electron chi connectivity index (χ1n) is 8.12. The van der Waals surface area contributed by atoms with E-state index in [0.717, 1.165) is 18.2 Å². The van der Waals surface area contributed by atoms with Crippen LogP contribution in [0.2, 0.25) is 0 Å². The molecule has 0 spiro atoms. The SMILES string of the molecule is O=C(COc1cccc([N+](=O)[O-])c1)Nc1cc(C(F)(F)F)ccc1-n1cccn1. The predicted octanol–water partition coefficient (Wildman–Crippen LogP) is 3.82. The number of nitrogens with zero attached hydrogens (tertiary/aromatic N) is 3. The number of carbonyl (C=O) groups is 1. The number of anilines is 1. The zero-order valence-corrected chi connectivity index (χ0v) is 14.6. The number of amides is 1. The van der Waals surface area contributed by atoms with Crippen LogP contribution in [0.15, 0.2) is 60.9 Å². The Labute approximate surface area is 161 Å². The summed E-state index contributed by atoms with van der Waals surface area (Å²) >= 11 is 0. The third-order valence-corrected chi connectivity index (χ3v) is 3.75. The quantitative estimate of drug-likeness (QED) is 0.496. The Morgan fingerprint density at radius 2 is 2.00 bits per heavy atom. The third-order valence-electron chi connectivity index (χ3n) is 3.75. The maximum atomic E-state index is 13.0. The number of halogens is 3. The number of benzene rings is 2. The molecule has 1 amide bonds. The zero-order valence-electron chi connectivity index (χ0n) is 14.6. The second-order valence-corrected chi connectivity index (χ2v) is 5.77. The standard InChI is InChI=1S/C18H13F3N4O4/c19-18(20,21)12-5-6-16(24-8-2-7-22-24)15(9-12)23-17(26)11-29-14-4-1-3-13(10-14)25(27)28/h1-10H,11H2,(H,23,26). The highest BCUT2D eigenvalue weighted by atomic mass is 19.4. The Hall–Kier alpha value is -3.89. The lowest BCUT2D eigenvalue weighted by molar-refractivity contribution is -0.384. The Kier molecular flexibility index (Phi) is 5.48. The van der Waals surface area contributed by atoms with Gasteiger partial charge in [-0.15, -0.1) is 0 Å². The van der Waals surface area contributed by atoms with Gasteiger partial charge < -0.3 is 10.1 Å². The molecule has 0 aliphatic rings. The number of hydrogen-bond donors (Lipinski definition) is 1. The van der Waals surface area contributed by atoms with E-state index in [-0.39, 0.29) is 22.8 Å². The van der Waals surface area contributed by atoms with Crippen molar-refractivity contribution in [1.82, 2.24) is 9.78 Å². The molecule has 8 nitrogen and oxygen atoms in total. The van der Waals surface area contributed by atoms with Crippen molar-refractivity contribution in [3.8, 4) is 11.4 Å². The summed E-state index contributed by atoms with van der Waals surface area (Å²) < 4.78 is 45.6. The van der Waals surface area contributed by atoms with Gasteiger partial charge in [0.15, 0.2) is 6.61 Å². The maximum absolute atomic E-state index is 13.0. The molecule has 2 aromatic carbocycles. The summed E-state index contributed by atoms with van der Waals surface area (Å²) in [5, 5.41) is 17.1. The number of carbonyl (C=O) groups excluding carboxylic acids is 1. The number of alkyl halides is 3. The van der Waals surface area contributed by atoms with Gasteiger partial charge in [0.1, 0.15) is 5.75 Å². The fraction of sp³-hybridized carbons (Fsp3) is 0.111. The van der Waals surface area contributed by atoms with Gasteiger partial charge in [0, 0.05) is 18.5 Å². The summed E-state index contributed by atoms with van der Waals surface area (Å²) in [4.78, 5) is 22.4. The van der Waals surface area contributed by atoms with Crippen LogP contribution in [0.1, 0.15) is 5.56 Å². The summed E-state index contributed by atoms with van der Waals surface area (Å²) in [5.74, 6) is -0.671. The number of hydrogen-bond acceptors (Lipinski definition) is 5. The number of aromatic nitrogens is 2. The van der Waals surface area contributed by atoms with Crippen LogP contribution in [0.25, 0.3) is 5.69 Å². The lowest BCUT2D eigenvalue weighted by Crippen LogP contribution is -2.21. The molecule has 0 radical (unpaired) electrons. The molecule has 0 aliphatic heterocycles. The van der Waals surface area contributed by atoms with E-state index in [1.807, 2.05) is 0 Å². The van der Waals surface area contributed by atoms with Crippen LogP contribution in [-0.2, 0) is 11.0 Å². The molecule has 0 fully saturated rings. The fourth-order valence-electron chi connectivity index (χ4n) is 2.45. The Bertz CT molecular complexity index is 1040. The van der Waals surface area contributed by atoms with E-state index in [1.54, 1.807) is 6.07 Å². The van der Waals surface area contributed by atoms with Crippen molar-refractivity contribution in [3.63, 3.8) is 0 Å². The zero-order chi connectivity index (χ0) is 21.0. The molecule has 0 atom stereocenters. The van der Waals surface area contributed by atoms with Crippen LogP contribution < -0.4 is 10.1 Å². The van der Waals surface area contributed by atoms with Crippen molar-refractivity contribution in [1.29, 1.82) is 0 Å². The predicted molar refractivity (Wildman–Crippen MR) is 95.8 cm³/mol. The molecule has 150 valence electrons. The molecule has 29 heavy (non-hydrogen) atoms. The largest absolute Gasteiger partial charge is 0.484 e. The average Bonchev–Trinajstić information content (AvgIpc) is 3.20. The van der Waals surface area contributed by atoms with Crippen LogP contribution in [-0.4, -0.2) is 27.2 Å². The normalized spacial score (nSPS) is 11.1. The fourth-order valence-corrected chi connectivity index (χ4v) is 2.45. The monoisotopic (exact) mass is 406 g/mol. The second-order valence-electron chi connectivity index (χ2n) is 5.77. The van der Waals surface area contributed by atoms with E-state index in [4.69, 9.17) is 4.74 Å². The van der Waals surface area contributed by atoms with Gasteiger partial charge in [-0.05, 0) is 30.3 Å². The van der Waals surface area contributed by atoms with Crippen molar-refractivity contribution >= 4 is 17.3 Å². The van der Waals surface area contributed by atoms with Crippen LogP contribution in [0.5, 0.6) is 5.75 Å². The smallest absolute Gasteiger partial charge is 0.416 e. The summed E-state index contributed by atoms with van der Waals surface area (Å²) in [5.41, 5.74) is -1.05. The summed E-state index contributed by atoms with van der Waals surface area (Å²) in [6, 6.07) is 9.63. The highest BCUT2D eigenvalue weighted by Gasteiger charge is 2.31. The number of rotatable bonds is 6. The molecule has 11 heteroatoms. The molecule has 1 heterocycles. The van der Waals surface area contributed by atoms with Crippen molar-refractivity contribution in [2.24, 2.45) is 0 Å².